The van der Waals surface area contributed by atoms with Crippen LogP contribution in [0.1, 0.15) is 41.3 Å². The van der Waals surface area contributed by atoms with Crippen molar-refractivity contribution < 1.29 is 9.18 Å². The zero-order valence-corrected chi connectivity index (χ0v) is 14.3. The largest absolute Gasteiger partial charge is 0.371 e. The van der Waals surface area contributed by atoms with E-state index in [1.807, 2.05) is 12.1 Å². The molecule has 1 aliphatic rings. The Balaban J connectivity index is 1.70. The SMILES string of the molecule is CC(=O)c1ccc(C#N)cc1N1CCC(Cc2cccc(F)c2)CC1. The van der Waals surface area contributed by atoms with Gasteiger partial charge >= 0.3 is 0 Å². The van der Waals surface area contributed by atoms with Crippen LogP contribution in [0.25, 0.3) is 0 Å². The molecule has 128 valence electrons. The van der Waals surface area contributed by atoms with Gasteiger partial charge in [-0.2, -0.15) is 5.26 Å². The number of ketones is 1. The molecule has 0 atom stereocenters. The second-order valence-electron chi connectivity index (χ2n) is 6.66. The summed E-state index contributed by atoms with van der Waals surface area (Å²) in [4.78, 5) is 14.1. The predicted octanol–water partition coefficient (Wildman–Crippen LogP) is 4.36. The Morgan fingerprint density at radius 1 is 1.24 bits per heavy atom. The average Bonchev–Trinajstić information content (AvgIpc) is 2.62. The molecule has 1 heterocycles. The Morgan fingerprint density at radius 2 is 2.00 bits per heavy atom. The summed E-state index contributed by atoms with van der Waals surface area (Å²) in [5, 5.41) is 9.13. The number of carbonyl (C=O) groups is 1. The molecule has 0 amide bonds. The fraction of sp³-hybridized carbons (Fsp3) is 0.333. The van der Waals surface area contributed by atoms with Crippen molar-refractivity contribution in [1.82, 2.24) is 0 Å². The van der Waals surface area contributed by atoms with Gasteiger partial charge in [0.25, 0.3) is 0 Å². The summed E-state index contributed by atoms with van der Waals surface area (Å²) in [6, 6.07) is 14.2. The molecule has 2 aromatic carbocycles. The van der Waals surface area contributed by atoms with Gasteiger partial charge in [-0.05, 0) is 68.0 Å². The highest BCUT2D eigenvalue weighted by Gasteiger charge is 2.22. The molecule has 4 heteroatoms. The number of hydrogen-bond acceptors (Lipinski definition) is 3. The summed E-state index contributed by atoms with van der Waals surface area (Å²) in [5.74, 6) is 0.341. The van der Waals surface area contributed by atoms with Crippen LogP contribution in [0.5, 0.6) is 0 Å². The van der Waals surface area contributed by atoms with Gasteiger partial charge in [0.2, 0.25) is 0 Å². The van der Waals surface area contributed by atoms with E-state index < -0.39 is 0 Å². The Hall–Kier alpha value is -2.67. The normalized spacial score (nSPS) is 15.0. The van der Waals surface area contributed by atoms with Crippen molar-refractivity contribution in [2.75, 3.05) is 18.0 Å². The molecule has 1 saturated heterocycles. The smallest absolute Gasteiger partial charge is 0.161 e. The van der Waals surface area contributed by atoms with Crippen molar-refractivity contribution in [2.24, 2.45) is 5.92 Å². The topological polar surface area (TPSA) is 44.1 Å². The zero-order valence-electron chi connectivity index (χ0n) is 14.3. The maximum absolute atomic E-state index is 13.3. The number of anilines is 1. The zero-order chi connectivity index (χ0) is 17.8. The van der Waals surface area contributed by atoms with Gasteiger partial charge in [0, 0.05) is 24.3 Å². The second kappa shape index (κ2) is 7.48. The van der Waals surface area contributed by atoms with E-state index in [-0.39, 0.29) is 11.6 Å². The molecule has 3 rings (SSSR count). The molecule has 3 nitrogen and oxygen atoms in total. The molecule has 0 bridgehead atoms. The van der Waals surface area contributed by atoms with Crippen molar-refractivity contribution in [3.05, 3.63) is 65.0 Å². The van der Waals surface area contributed by atoms with Crippen molar-refractivity contribution >= 4 is 11.5 Å². The van der Waals surface area contributed by atoms with Crippen LogP contribution in [0.4, 0.5) is 10.1 Å². The number of carbonyl (C=O) groups excluding carboxylic acids is 1. The molecule has 1 aliphatic heterocycles. The number of hydrogen-bond donors (Lipinski definition) is 0. The van der Waals surface area contributed by atoms with Crippen LogP contribution in [0, 0.1) is 23.1 Å². The van der Waals surface area contributed by atoms with E-state index in [4.69, 9.17) is 5.26 Å². The van der Waals surface area contributed by atoms with E-state index >= 15 is 0 Å². The van der Waals surface area contributed by atoms with Crippen LogP contribution in [-0.4, -0.2) is 18.9 Å². The molecule has 0 unspecified atom stereocenters. The predicted molar refractivity (Wildman–Crippen MR) is 96.2 cm³/mol. The number of nitrogens with zero attached hydrogens (tertiary/aromatic N) is 2. The maximum Gasteiger partial charge on any atom is 0.161 e. The summed E-state index contributed by atoms with van der Waals surface area (Å²) in [5.41, 5.74) is 3.13. The average molecular weight is 336 g/mol. The molecular formula is C21H21FN2O. The summed E-state index contributed by atoms with van der Waals surface area (Å²) < 4.78 is 13.3. The van der Waals surface area contributed by atoms with E-state index in [1.165, 1.54) is 6.07 Å². The lowest BCUT2D eigenvalue weighted by Crippen LogP contribution is -2.35. The highest BCUT2D eigenvalue weighted by atomic mass is 19.1. The Bertz CT molecular complexity index is 817. The van der Waals surface area contributed by atoms with Crippen LogP contribution in [0.2, 0.25) is 0 Å². The quantitative estimate of drug-likeness (QED) is 0.779. The van der Waals surface area contributed by atoms with Crippen molar-refractivity contribution in [2.45, 2.75) is 26.2 Å². The van der Waals surface area contributed by atoms with Crippen LogP contribution < -0.4 is 4.90 Å². The number of nitriles is 1. The Kier molecular flexibility index (Phi) is 5.14. The first-order chi connectivity index (χ1) is 12.1. The van der Waals surface area contributed by atoms with Crippen LogP contribution in [-0.2, 0) is 6.42 Å². The lowest BCUT2D eigenvalue weighted by atomic mass is 9.89. The van der Waals surface area contributed by atoms with E-state index in [1.54, 1.807) is 31.2 Å². The van der Waals surface area contributed by atoms with Crippen LogP contribution in [0.3, 0.4) is 0 Å². The highest BCUT2D eigenvalue weighted by Crippen LogP contribution is 2.29. The minimum Gasteiger partial charge on any atom is -0.371 e. The van der Waals surface area contributed by atoms with Gasteiger partial charge in [-0.15, -0.1) is 0 Å². The third-order valence-electron chi connectivity index (χ3n) is 4.87. The van der Waals surface area contributed by atoms with Crippen LogP contribution >= 0.6 is 0 Å². The van der Waals surface area contributed by atoms with E-state index in [0.717, 1.165) is 43.6 Å². The van der Waals surface area contributed by atoms with Gasteiger partial charge < -0.3 is 4.90 Å². The van der Waals surface area contributed by atoms with Gasteiger partial charge in [0.15, 0.2) is 5.78 Å². The molecular weight excluding hydrogens is 315 g/mol. The van der Waals surface area contributed by atoms with E-state index in [2.05, 4.69) is 11.0 Å². The highest BCUT2D eigenvalue weighted by molar-refractivity contribution is 6.00. The fourth-order valence-electron chi connectivity index (χ4n) is 3.54. The van der Waals surface area contributed by atoms with Gasteiger partial charge in [0.05, 0.1) is 11.6 Å². The summed E-state index contributed by atoms with van der Waals surface area (Å²) in [6.07, 6.45) is 2.86. The molecule has 0 spiro atoms. The Labute approximate surface area is 147 Å². The molecule has 0 saturated carbocycles. The molecule has 25 heavy (non-hydrogen) atoms. The van der Waals surface area contributed by atoms with E-state index in [9.17, 15) is 9.18 Å². The third kappa shape index (κ3) is 4.06. The van der Waals surface area contributed by atoms with E-state index in [0.29, 0.717) is 17.0 Å². The first-order valence-corrected chi connectivity index (χ1v) is 8.61. The first-order valence-electron chi connectivity index (χ1n) is 8.61. The van der Waals surface area contributed by atoms with Gasteiger partial charge in [-0.25, -0.2) is 4.39 Å². The lowest BCUT2D eigenvalue weighted by molar-refractivity contribution is 0.101. The number of benzene rings is 2. The first kappa shape index (κ1) is 17.2. The minimum absolute atomic E-state index is 0.0152. The summed E-state index contributed by atoms with van der Waals surface area (Å²) in [7, 11) is 0. The lowest BCUT2D eigenvalue weighted by Gasteiger charge is -2.34. The van der Waals surface area contributed by atoms with Crippen molar-refractivity contribution in [3.8, 4) is 6.07 Å². The molecule has 0 aromatic heterocycles. The van der Waals surface area contributed by atoms with Gasteiger partial charge in [-0.1, -0.05) is 12.1 Å². The number of piperidine rings is 1. The standard InChI is InChI=1S/C21H21FN2O/c1-15(25)20-6-5-18(14-23)13-21(20)24-9-7-16(8-10-24)11-17-3-2-4-19(22)12-17/h2-6,12-13,16H,7-11H2,1H3. The third-order valence-corrected chi connectivity index (χ3v) is 4.87. The summed E-state index contributed by atoms with van der Waals surface area (Å²) in [6.45, 7) is 3.24. The van der Waals surface area contributed by atoms with Gasteiger partial charge in [-0.3, -0.25) is 4.79 Å². The fourth-order valence-corrected chi connectivity index (χ4v) is 3.54. The van der Waals surface area contributed by atoms with Gasteiger partial charge in [0.1, 0.15) is 5.82 Å². The number of Topliss-reactive ketones (excluding diaryl/α,β-unsaturated/α-hetero) is 1. The minimum atomic E-state index is -0.186. The molecule has 1 fully saturated rings. The molecule has 0 radical (unpaired) electrons. The van der Waals surface area contributed by atoms with Crippen molar-refractivity contribution in [1.29, 1.82) is 5.26 Å². The molecule has 0 aliphatic carbocycles. The number of halogens is 1. The maximum atomic E-state index is 13.3. The molecule has 2 aromatic rings. The monoisotopic (exact) mass is 336 g/mol. The summed E-state index contributed by atoms with van der Waals surface area (Å²) >= 11 is 0. The van der Waals surface area contributed by atoms with Crippen LogP contribution in [0.15, 0.2) is 42.5 Å². The Morgan fingerprint density at radius 3 is 2.64 bits per heavy atom. The second-order valence-corrected chi connectivity index (χ2v) is 6.66. The number of rotatable bonds is 4. The molecule has 0 N–H and O–H groups in total. The van der Waals surface area contributed by atoms with Crippen molar-refractivity contribution in [3.63, 3.8) is 0 Å².